The van der Waals surface area contributed by atoms with Crippen molar-refractivity contribution in [2.45, 2.75) is 54.6 Å². The van der Waals surface area contributed by atoms with Crippen molar-refractivity contribution in [3.8, 4) is 0 Å². The molecule has 1 aromatic carbocycles. The molecule has 0 aliphatic heterocycles. The molecule has 2 fully saturated rings. The smallest absolute Gasteiger partial charge is 0.238 e. The van der Waals surface area contributed by atoms with E-state index in [1.54, 1.807) is 6.26 Å². The summed E-state index contributed by atoms with van der Waals surface area (Å²) in [6.07, 6.45) is 6.10. The van der Waals surface area contributed by atoms with E-state index < -0.39 is 0 Å². The maximum absolute atomic E-state index is 13.0. The van der Waals surface area contributed by atoms with E-state index in [1.165, 1.54) is 11.8 Å². The van der Waals surface area contributed by atoms with Crippen molar-refractivity contribution >= 4 is 17.7 Å². The Morgan fingerprint density at radius 3 is 2.64 bits per heavy atom. The van der Waals surface area contributed by atoms with Gasteiger partial charge in [0.25, 0.3) is 0 Å². The second-order valence-corrected chi connectivity index (χ2v) is 8.54. The average Bonchev–Trinajstić information content (AvgIpc) is 3.63. The first-order valence-corrected chi connectivity index (χ1v) is 10.6. The average molecular weight is 395 g/mol. The monoisotopic (exact) mass is 394 g/mol. The first-order valence-electron chi connectivity index (χ1n) is 9.75. The Kier molecular flexibility index (Phi) is 4.68. The molecule has 1 atom stereocenters. The zero-order valence-corrected chi connectivity index (χ0v) is 16.3. The third-order valence-electron chi connectivity index (χ3n) is 5.07. The number of thioether (sulfide) groups is 1. The Morgan fingerprint density at radius 1 is 1.14 bits per heavy atom. The molecule has 1 amide bonds. The van der Waals surface area contributed by atoms with Crippen molar-refractivity contribution in [3.63, 3.8) is 0 Å². The maximum atomic E-state index is 13.0. The van der Waals surface area contributed by atoms with Gasteiger partial charge in [0.2, 0.25) is 5.91 Å². The minimum absolute atomic E-state index is 0.0409. The van der Waals surface area contributed by atoms with Crippen LogP contribution in [-0.2, 0) is 11.3 Å². The predicted octanol–water partition coefficient (Wildman–Crippen LogP) is 3.91. The number of carbonyl (C=O) groups excluding carboxylic acids is 1. The van der Waals surface area contributed by atoms with Gasteiger partial charge in [0.1, 0.15) is 16.8 Å². The van der Waals surface area contributed by atoms with Gasteiger partial charge in [0.15, 0.2) is 5.16 Å². The molecule has 0 radical (unpaired) electrons. The molecule has 5 rings (SSSR count). The number of furan rings is 1. The Balaban J connectivity index is 1.45. The van der Waals surface area contributed by atoms with Gasteiger partial charge in [-0.25, -0.2) is 0 Å². The van der Waals surface area contributed by atoms with Crippen LogP contribution >= 0.6 is 11.8 Å². The number of amides is 1. The van der Waals surface area contributed by atoms with Crippen molar-refractivity contribution < 1.29 is 9.21 Å². The number of carbonyl (C=O) groups is 1. The largest absolute Gasteiger partial charge is 0.467 e. The molecule has 2 heterocycles. The fraction of sp³-hybridized carbons (Fsp3) is 0.381. The normalized spacial score (nSPS) is 17.4. The van der Waals surface area contributed by atoms with Gasteiger partial charge in [0, 0.05) is 12.0 Å². The first kappa shape index (κ1) is 17.6. The Labute approximate surface area is 167 Å². The van der Waals surface area contributed by atoms with Gasteiger partial charge >= 0.3 is 0 Å². The number of benzene rings is 1. The third kappa shape index (κ3) is 3.85. The highest BCUT2D eigenvalue weighted by atomic mass is 32.2. The first-order chi connectivity index (χ1) is 13.8. The summed E-state index contributed by atoms with van der Waals surface area (Å²) in [7, 11) is 0. The van der Waals surface area contributed by atoms with E-state index in [1.807, 2.05) is 42.5 Å². The molecule has 2 aliphatic carbocycles. The van der Waals surface area contributed by atoms with Gasteiger partial charge in [0.05, 0.1) is 12.8 Å². The summed E-state index contributed by atoms with van der Waals surface area (Å²) in [4.78, 5) is 13.0. The highest BCUT2D eigenvalue weighted by Crippen LogP contribution is 2.42. The fourth-order valence-electron chi connectivity index (χ4n) is 3.25. The van der Waals surface area contributed by atoms with Crippen LogP contribution in [0.2, 0.25) is 0 Å². The maximum Gasteiger partial charge on any atom is 0.238 e. The van der Waals surface area contributed by atoms with Crippen LogP contribution in [0.1, 0.15) is 54.0 Å². The van der Waals surface area contributed by atoms with Crippen LogP contribution in [0.15, 0.2) is 58.3 Å². The van der Waals surface area contributed by atoms with Crippen LogP contribution in [0.3, 0.4) is 0 Å². The molecule has 28 heavy (non-hydrogen) atoms. The molecule has 1 N–H and O–H groups in total. The summed E-state index contributed by atoms with van der Waals surface area (Å²) in [6.45, 7) is 0.583. The van der Waals surface area contributed by atoms with E-state index in [9.17, 15) is 4.79 Å². The van der Waals surface area contributed by atoms with Gasteiger partial charge in [-0.1, -0.05) is 42.1 Å². The van der Waals surface area contributed by atoms with Gasteiger partial charge in [-0.05, 0) is 43.4 Å². The minimum atomic E-state index is -0.353. The zero-order chi connectivity index (χ0) is 18.9. The van der Waals surface area contributed by atoms with E-state index in [4.69, 9.17) is 4.42 Å². The Morgan fingerprint density at radius 2 is 1.96 bits per heavy atom. The molecule has 1 unspecified atom stereocenters. The number of nitrogens with one attached hydrogen (secondary N) is 1. The lowest BCUT2D eigenvalue weighted by molar-refractivity contribution is -0.120. The van der Waals surface area contributed by atoms with Gasteiger partial charge < -0.3 is 9.73 Å². The van der Waals surface area contributed by atoms with E-state index in [-0.39, 0.29) is 11.2 Å². The van der Waals surface area contributed by atoms with E-state index in [0.717, 1.165) is 48.0 Å². The summed E-state index contributed by atoms with van der Waals surface area (Å²) in [5, 5.41) is 12.5. The Bertz CT molecular complexity index is 946. The summed E-state index contributed by atoms with van der Waals surface area (Å²) in [6, 6.07) is 14.1. The lowest BCUT2D eigenvalue weighted by atomic mass is 10.1. The number of rotatable bonds is 8. The van der Waals surface area contributed by atoms with Crippen LogP contribution in [0, 0.1) is 0 Å². The molecule has 3 aromatic rings. The molecular weight excluding hydrogens is 372 g/mol. The number of nitrogens with zero attached hydrogens (tertiary/aromatic N) is 3. The van der Waals surface area contributed by atoms with Crippen LogP contribution in [0.5, 0.6) is 0 Å². The van der Waals surface area contributed by atoms with E-state index >= 15 is 0 Å². The van der Waals surface area contributed by atoms with Gasteiger partial charge in [-0.15, -0.1) is 10.2 Å². The lowest BCUT2D eigenvalue weighted by Crippen LogP contribution is -2.30. The molecule has 0 saturated heterocycles. The number of hydrogen-bond donors (Lipinski definition) is 1. The minimum Gasteiger partial charge on any atom is -0.467 e. The van der Waals surface area contributed by atoms with E-state index in [2.05, 4.69) is 20.1 Å². The number of aromatic nitrogens is 3. The lowest BCUT2D eigenvalue weighted by Gasteiger charge is -2.17. The standard InChI is InChI=1S/C21H22N4O2S/c26-20(22-16-10-11-16)18(14-5-2-1-3-6-14)28-21-24-23-19(15-8-9-15)25(21)13-17-7-4-12-27-17/h1-7,12,15-16,18H,8-11,13H2,(H,22,26). The highest BCUT2D eigenvalue weighted by molar-refractivity contribution is 8.00. The highest BCUT2D eigenvalue weighted by Gasteiger charge is 2.34. The molecule has 7 heteroatoms. The van der Waals surface area contributed by atoms with Crippen LogP contribution < -0.4 is 5.32 Å². The number of hydrogen-bond acceptors (Lipinski definition) is 5. The molecule has 0 bridgehead atoms. The quantitative estimate of drug-likeness (QED) is 0.587. The zero-order valence-electron chi connectivity index (χ0n) is 15.5. The summed E-state index contributed by atoms with van der Waals surface area (Å²) in [5.74, 6) is 2.36. The molecule has 144 valence electrons. The summed E-state index contributed by atoms with van der Waals surface area (Å²) in [5.41, 5.74) is 0.978. The molecule has 6 nitrogen and oxygen atoms in total. The second-order valence-electron chi connectivity index (χ2n) is 7.47. The van der Waals surface area contributed by atoms with Crippen molar-refractivity contribution in [2.24, 2.45) is 0 Å². The SMILES string of the molecule is O=C(NC1CC1)C(Sc1nnc(C2CC2)n1Cc1ccco1)c1ccccc1. The molecule has 0 spiro atoms. The molecule has 2 aliphatic rings. The van der Waals surface area contributed by atoms with E-state index in [0.29, 0.717) is 18.5 Å². The Hall–Kier alpha value is -2.54. The topological polar surface area (TPSA) is 73.0 Å². The molecular formula is C21H22N4O2S. The second kappa shape index (κ2) is 7.47. The van der Waals surface area contributed by atoms with Crippen molar-refractivity contribution in [1.29, 1.82) is 0 Å². The van der Waals surface area contributed by atoms with Crippen LogP contribution in [-0.4, -0.2) is 26.7 Å². The van der Waals surface area contributed by atoms with Crippen molar-refractivity contribution in [3.05, 3.63) is 65.9 Å². The van der Waals surface area contributed by atoms with Crippen LogP contribution in [0.4, 0.5) is 0 Å². The fourth-order valence-corrected chi connectivity index (χ4v) is 4.30. The van der Waals surface area contributed by atoms with Crippen LogP contribution in [0.25, 0.3) is 0 Å². The summed E-state index contributed by atoms with van der Waals surface area (Å²) < 4.78 is 7.66. The molecule has 2 aromatic heterocycles. The summed E-state index contributed by atoms with van der Waals surface area (Å²) >= 11 is 1.47. The van der Waals surface area contributed by atoms with Crippen molar-refractivity contribution in [2.75, 3.05) is 0 Å². The third-order valence-corrected chi connectivity index (χ3v) is 6.30. The van der Waals surface area contributed by atoms with Gasteiger partial charge in [-0.2, -0.15) is 0 Å². The van der Waals surface area contributed by atoms with Crippen molar-refractivity contribution in [1.82, 2.24) is 20.1 Å². The molecule has 2 saturated carbocycles. The predicted molar refractivity (Wildman–Crippen MR) is 106 cm³/mol. The van der Waals surface area contributed by atoms with Gasteiger partial charge in [-0.3, -0.25) is 9.36 Å².